The first-order chi connectivity index (χ1) is 8.49. The van der Waals surface area contributed by atoms with Gasteiger partial charge in [-0.2, -0.15) is 8.78 Å². The fourth-order valence-corrected chi connectivity index (χ4v) is 1.36. The average molecular weight is 259 g/mol. The maximum Gasteiger partial charge on any atom is 0.387 e. The van der Waals surface area contributed by atoms with Crippen LogP contribution in [0.3, 0.4) is 0 Å². The van der Waals surface area contributed by atoms with Crippen LogP contribution >= 0.6 is 0 Å². The van der Waals surface area contributed by atoms with E-state index in [-0.39, 0.29) is 17.4 Å². The Kier molecular flexibility index (Phi) is 4.88. The molecule has 0 bridgehead atoms. The van der Waals surface area contributed by atoms with Crippen LogP contribution in [0.5, 0.6) is 11.5 Å². The summed E-state index contributed by atoms with van der Waals surface area (Å²) in [6.45, 7) is -0.543. The Balaban J connectivity index is 3.01. The minimum atomic E-state index is -2.93. The zero-order chi connectivity index (χ0) is 13.7. The lowest BCUT2D eigenvalue weighted by molar-refractivity contribution is -0.0512. The van der Waals surface area contributed by atoms with Gasteiger partial charge in [-0.1, -0.05) is 0 Å². The number of halogens is 2. The number of benzene rings is 1. The number of carbonyl (C=O) groups excluding carboxylic acids is 1. The Morgan fingerprint density at radius 1 is 1.39 bits per heavy atom. The summed E-state index contributed by atoms with van der Waals surface area (Å²) in [6, 6.07) is 4.10. The molecule has 1 aromatic carbocycles. The van der Waals surface area contributed by atoms with E-state index in [9.17, 15) is 13.6 Å². The Hall–Kier alpha value is -1.85. The summed E-state index contributed by atoms with van der Waals surface area (Å²) in [6.07, 6.45) is 0. The molecular formula is C12H15F2NO3. The molecule has 0 N–H and O–H groups in total. The van der Waals surface area contributed by atoms with E-state index in [1.807, 2.05) is 6.92 Å². The molecule has 0 aliphatic carbocycles. The van der Waals surface area contributed by atoms with Gasteiger partial charge in [-0.05, 0) is 25.1 Å². The minimum absolute atomic E-state index is 0.0943. The van der Waals surface area contributed by atoms with Crippen molar-refractivity contribution in [1.29, 1.82) is 0 Å². The van der Waals surface area contributed by atoms with Gasteiger partial charge in [0.15, 0.2) is 11.5 Å². The quantitative estimate of drug-likeness (QED) is 0.815. The zero-order valence-electron chi connectivity index (χ0n) is 10.4. The number of carbonyl (C=O) groups is 1. The first kappa shape index (κ1) is 14.2. The molecule has 4 nitrogen and oxygen atoms in total. The van der Waals surface area contributed by atoms with Crippen LogP contribution in [-0.4, -0.2) is 38.1 Å². The molecular weight excluding hydrogens is 244 g/mol. The highest BCUT2D eigenvalue weighted by molar-refractivity contribution is 5.94. The van der Waals surface area contributed by atoms with Gasteiger partial charge in [-0.25, -0.2) is 0 Å². The van der Waals surface area contributed by atoms with Crippen molar-refractivity contribution in [2.45, 2.75) is 13.5 Å². The van der Waals surface area contributed by atoms with Gasteiger partial charge in [0.1, 0.15) is 0 Å². The Morgan fingerprint density at radius 2 is 2.06 bits per heavy atom. The van der Waals surface area contributed by atoms with Gasteiger partial charge in [0, 0.05) is 19.2 Å². The van der Waals surface area contributed by atoms with Crippen molar-refractivity contribution in [1.82, 2.24) is 4.90 Å². The summed E-state index contributed by atoms with van der Waals surface area (Å²) in [5, 5.41) is 0. The van der Waals surface area contributed by atoms with Gasteiger partial charge in [0.2, 0.25) is 0 Å². The highest BCUT2D eigenvalue weighted by atomic mass is 19.3. The van der Waals surface area contributed by atoms with Gasteiger partial charge in [-0.3, -0.25) is 4.79 Å². The summed E-state index contributed by atoms with van der Waals surface area (Å²) < 4.78 is 33.4. The number of hydrogen-bond donors (Lipinski definition) is 0. The third-order valence-electron chi connectivity index (χ3n) is 2.45. The standard InChI is InChI=1S/C12H15F2NO3/c1-4-15(2)11(16)8-5-6-9(18-12(13)14)10(7-8)17-3/h5-7,12H,4H2,1-3H3. The molecule has 0 aliphatic heterocycles. The number of ether oxygens (including phenoxy) is 2. The molecule has 18 heavy (non-hydrogen) atoms. The lowest BCUT2D eigenvalue weighted by Crippen LogP contribution is -2.26. The van der Waals surface area contributed by atoms with E-state index in [1.54, 1.807) is 7.05 Å². The highest BCUT2D eigenvalue weighted by Gasteiger charge is 2.15. The second kappa shape index (κ2) is 6.18. The van der Waals surface area contributed by atoms with Gasteiger partial charge >= 0.3 is 6.61 Å². The van der Waals surface area contributed by atoms with E-state index in [0.29, 0.717) is 12.1 Å². The molecule has 0 saturated carbocycles. The van der Waals surface area contributed by atoms with Crippen molar-refractivity contribution < 1.29 is 23.0 Å². The minimum Gasteiger partial charge on any atom is -0.493 e. The largest absolute Gasteiger partial charge is 0.493 e. The van der Waals surface area contributed by atoms with Crippen molar-refractivity contribution in [3.63, 3.8) is 0 Å². The predicted octanol–water partition coefficient (Wildman–Crippen LogP) is 2.39. The van der Waals surface area contributed by atoms with Crippen LogP contribution in [0, 0.1) is 0 Å². The monoisotopic (exact) mass is 259 g/mol. The molecule has 0 aromatic heterocycles. The first-order valence-electron chi connectivity index (χ1n) is 5.37. The van der Waals surface area contributed by atoms with Crippen LogP contribution in [0.2, 0.25) is 0 Å². The van der Waals surface area contributed by atoms with Crippen molar-refractivity contribution in [3.05, 3.63) is 23.8 Å². The molecule has 0 unspecified atom stereocenters. The molecule has 0 fully saturated rings. The number of hydrogen-bond acceptors (Lipinski definition) is 3. The third-order valence-corrected chi connectivity index (χ3v) is 2.45. The van der Waals surface area contributed by atoms with Crippen molar-refractivity contribution in [2.75, 3.05) is 20.7 Å². The molecule has 0 heterocycles. The Bertz CT molecular complexity index is 424. The second-order valence-electron chi connectivity index (χ2n) is 3.56. The van der Waals surface area contributed by atoms with Crippen LogP contribution in [0.25, 0.3) is 0 Å². The van der Waals surface area contributed by atoms with E-state index in [0.717, 1.165) is 0 Å². The number of alkyl halides is 2. The topological polar surface area (TPSA) is 38.8 Å². The lowest BCUT2D eigenvalue weighted by Gasteiger charge is -2.16. The third kappa shape index (κ3) is 3.32. The molecule has 0 saturated heterocycles. The van der Waals surface area contributed by atoms with Crippen LogP contribution in [-0.2, 0) is 0 Å². The number of amides is 1. The summed E-state index contributed by atoms with van der Waals surface area (Å²) in [4.78, 5) is 13.4. The first-order valence-corrected chi connectivity index (χ1v) is 5.37. The molecule has 0 aliphatic rings. The maximum atomic E-state index is 12.1. The van der Waals surface area contributed by atoms with Crippen LogP contribution < -0.4 is 9.47 Å². The van der Waals surface area contributed by atoms with Crippen molar-refractivity contribution in [3.8, 4) is 11.5 Å². The summed E-state index contributed by atoms with van der Waals surface area (Å²) in [5.41, 5.74) is 0.359. The molecule has 0 radical (unpaired) electrons. The van der Waals surface area contributed by atoms with Gasteiger partial charge in [0.05, 0.1) is 7.11 Å². The van der Waals surface area contributed by atoms with E-state index in [4.69, 9.17) is 4.74 Å². The summed E-state index contributed by atoms with van der Waals surface area (Å²) in [7, 11) is 2.98. The Morgan fingerprint density at radius 3 is 2.56 bits per heavy atom. The van der Waals surface area contributed by atoms with Crippen molar-refractivity contribution in [2.24, 2.45) is 0 Å². The van der Waals surface area contributed by atoms with E-state index < -0.39 is 6.61 Å². The molecule has 100 valence electrons. The van der Waals surface area contributed by atoms with Crippen molar-refractivity contribution >= 4 is 5.91 Å². The summed E-state index contributed by atoms with van der Waals surface area (Å²) in [5.74, 6) is -0.201. The van der Waals surface area contributed by atoms with Gasteiger partial charge in [0.25, 0.3) is 5.91 Å². The fraction of sp³-hybridized carbons (Fsp3) is 0.417. The zero-order valence-corrected chi connectivity index (χ0v) is 10.4. The lowest BCUT2D eigenvalue weighted by atomic mass is 10.2. The van der Waals surface area contributed by atoms with Gasteiger partial charge in [-0.15, -0.1) is 0 Å². The van der Waals surface area contributed by atoms with E-state index in [1.165, 1.54) is 30.2 Å². The molecule has 6 heteroatoms. The number of nitrogens with zero attached hydrogens (tertiary/aromatic N) is 1. The van der Waals surface area contributed by atoms with E-state index in [2.05, 4.69) is 4.74 Å². The van der Waals surface area contributed by atoms with Crippen LogP contribution in [0.4, 0.5) is 8.78 Å². The maximum absolute atomic E-state index is 12.1. The predicted molar refractivity (Wildman–Crippen MR) is 62.3 cm³/mol. The molecule has 0 atom stereocenters. The average Bonchev–Trinajstić information content (AvgIpc) is 2.36. The molecule has 1 amide bonds. The second-order valence-corrected chi connectivity index (χ2v) is 3.56. The van der Waals surface area contributed by atoms with Crippen LogP contribution in [0.1, 0.15) is 17.3 Å². The SMILES string of the molecule is CCN(C)C(=O)c1ccc(OC(F)F)c(OC)c1. The Labute approximate surface area is 104 Å². The van der Waals surface area contributed by atoms with E-state index >= 15 is 0 Å². The number of methoxy groups -OCH3 is 1. The van der Waals surface area contributed by atoms with Gasteiger partial charge < -0.3 is 14.4 Å². The van der Waals surface area contributed by atoms with Crippen LogP contribution in [0.15, 0.2) is 18.2 Å². The molecule has 1 rings (SSSR count). The molecule has 1 aromatic rings. The molecule has 0 spiro atoms. The number of rotatable bonds is 5. The fourth-order valence-electron chi connectivity index (χ4n) is 1.36. The smallest absolute Gasteiger partial charge is 0.387 e. The highest BCUT2D eigenvalue weighted by Crippen LogP contribution is 2.29. The summed E-state index contributed by atoms with van der Waals surface area (Å²) >= 11 is 0. The normalized spacial score (nSPS) is 10.3.